The summed E-state index contributed by atoms with van der Waals surface area (Å²) in [5.74, 6) is -0.522. The van der Waals surface area contributed by atoms with E-state index in [1.807, 2.05) is 42.6 Å². The van der Waals surface area contributed by atoms with E-state index < -0.39 is 0 Å². The van der Waals surface area contributed by atoms with Gasteiger partial charge in [-0.3, -0.25) is 9.59 Å². The predicted molar refractivity (Wildman–Crippen MR) is 133 cm³/mol. The number of nitrogens with zero attached hydrogens (tertiary/aromatic N) is 2. The molecule has 6 nitrogen and oxygen atoms in total. The fraction of sp³-hybridized carbons (Fsp3) is 0.0800. The Morgan fingerprint density at radius 1 is 1.03 bits per heavy atom. The molecule has 0 atom stereocenters. The fourth-order valence-electron chi connectivity index (χ4n) is 3.48. The second kappa shape index (κ2) is 9.90. The Morgan fingerprint density at radius 3 is 2.52 bits per heavy atom. The Bertz CT molecular complexity index is 1360. The number of rotatable bonds is 6. The minimum atomic E-state index is -0.350. The number of hydrazone groups is 1. The fourth-order valence-corrected chi connectivity index (χ4v) is 3.94. The van der Waals surface area contributed by atoms with Crippen molar-refractivity contribution in [1.29, 1.82) is 0 Å². The van der Waals surface area contributed by atoms with Gasteiger partial charge in [0.1, 0.15) is 0 Å². The van der Waals surface area contributed by atoms with Gasteiger partial charge in [-0.1, -0.05) is 47.5 Å². The topological polar surface area (TPSA) is 75.5 Å². The smallest absolute Gasteiger partial charge is 0.271 e. The van der Waals surface area contributed by atoms with Gasteiger partial charge < -0.3 is 9.88 Å². The molecule has 0 aliphatic carbocycles. The van der Waals surface area contributed by atoms with Gasteiger partial charge in [-0.2, -0.15) is 5.10 Å². The van der Waals surface area contributed by atoms with Crippen molar-refractivity contribution in [2.75, 3.05) is 5.32 Å². The van der Waals surface area contributed by atoms with Gasteiger partial charge >= 0.3 is 0 Å². The highest BCUT2D eigenvalue weighted by molar-refractivity contribution is 6.35. The lowest BCUT2D eigenvalue weighted by Gasteiger charge is -2.08. The lowest BCUT2D eigenvalue weighted by molar-refractivity contribution is -0.114. The number of nitrogens with one attached hydrogen (secondary N) is 2. The van der Waals surface area contributed by atoms with E-state index in [2.05, 4.69) is 20.4 Å². The van der Waals surface area contributed by atoms with Crippen LogP contribution in [0.5, 0.6) is 0 Å². The molecule has 4 rings (SSSR count). The van der Waals surface area contributed by atoms with Gasteiger partial charge in [0, 0.05) is 57.4 Å². The summed E-state index contributed by atoms with van der Waals surface area (Å²) >= 11 is 12.4. The summed E-state index contributed by atoms with van der Waals surface area (Å²) in [5, 5.41) is 8.99. The maximum atomic E-state index is 12.4. The number of carbonyl (C=O) groups is 2. The van der Waals surface area contributed by atoms with Crippen LogP contribution >= 0.6 is 23.2 Å². The maximum Gasteiger partial charge on any atom is 0.271 e. The number of amides is 2. The van der Waals surface area contributed by atoms with Crippen LogP contribution in [-0.4, -0.2) is 22.6 Å². The first-order chi connectivity index (χ1) is 15.9. The standard InChI is InChI=1S/C25H20Cl2N4O2/c1-16(32)29-21-10-7-17(8-11-21)25(33)30-28-13-19-15-31(24-5-3-2-4-22(19)24)14-18-6-9-20(26)12-23(18)27/h2-13,15H,14H2,1H3,(H,29,32)(H,30,33)/b28-13-. The molecule has 0 spiro atoms. The second-order valence-electron chi connectivity index (χ2n) is 7.42. The third-order valence-electron chi connectivity index (χ3n) is 5.01. The molecule has 4 aromatic rings. The van der Waals surface area contributed by atoms with Crippen molar-refractivity contribution in [2.45, 2.75) is 13.5 Å². The van der Waals surface area contributed by atoms with Crippen molar-refractivity contribution in [3.63, 3.8) is 0 Å². The quantitative estimate of drug-likeness (QED) is 0.274. The van der Waals surface area contributed by atoms with E-state index >= 15 is 0 Å². The molecule has 0 fully saturated rings. The molecule has 0 aliphatic rings. The Balaban J connectivity index is 1.51. The van der Waals surface area contributed by atoms with Crippen LogP contribution in [-0.2, 0) is 11.3 Å². The van der Waals surface area contributed by atoms with Crippen LogP contribution in [0.25, 0.3) is 10.9 Å². The molecule has 0 aliphatic heterocycles. The minimum Gasteiger partial charge on any atom is -0.342 e. The number of aromatic nitrogens is 1. The lowest BCUT2D eigenvalue weighted by Crippen LogP contribution is -2.17. The highest BCUT2D eigenvalue weighted by atomic mass is 35.5. The number of fused-ring (bicyclic) bond motifs is 1. The van der Waals surface area contributed by atoms with Crippen molar-refractivity contribution < 1.29 is 9.59 Å². The summed E-state index contributed by atoms with van der Waals surface area (Å²) in [6.45, 7) is 1.99. The van der Waals surface area contributed by atoms with Gasteiger partial charge in [0.05, 0.1) is 6.21 Å². The first-order valence-corrected chi connectivity index (χ1v) is 10.9. The molecule has 0 unspecified atom stereocenters. The molecule has 166 valence electrons. The highest BCUT2D eigenvalue weighted by Crippen LogP contribution is 2.25. The van der Waals surface area contributed by atoms with Gasteiger partial charge in [-0.05, 0) is 48.0 Å². The van der Waals surface area contributed by atoms with Crippen molar-refractivity contribution in [3.8, 4) is 0 Å². The van der Waals surface area contributed by atoms with Crippen molar-refractivity contribution >= 4 is 57.8 Å². The van der Waals surface area contributed by atoms with Crippen LogP contribution in [0.1, 0.15) is 28.4 Å². The van der Waals surface area contributed by atoms with E-state index in [0.29, 0.717) is 27.8 Å². The Labute approximate surface area is 200 Å². The highest BCUT2D eigenvalue weighted by Gasteiger charge is 2.10. The van der Waals surface area contributed by atoms with E-state index in [4.69, 9.17) is 23.2 Å². The number of anilines is 1. The normalized spacial score (nSPS) is 11.1. The molecule has 0 saturated carbocycles. The van der Waals surface area contributed by atoms with Crippen molar-refractivity contribution in [3.05, 3.63) is 99.7 Å². The average molecular weight is 479 g/mol. The van der Waals surface area contributed by atoms with Gasteiger partial charge in [-0.15, -0.1) is 0 Å². The molecule has 33 heavy (non-hydrogen) atoms. The third-order valence-corrected chi connectivity index (χ3v) is 5.60. The van der Waals surface area contributed by atoms with Crippen LogP contribution in [0.15, 0.2) is 78.0 Å². The Morgan fingerprint density at radius 2 is 1.79 bits per heavy atom. The largest absolute Gasteiger partial charge is 0.342 e. The zero-order valence-electron chi connectivity index (χ0n) is 17.7. The monoisotopic (exact) mass is 478 g/mol. The summed E-state index contributed by atoms with van der Waals surface area (Å²) in [5.41, 5.74) is 6.42. The Kier molecular flexibility index (Phi) is 6.77. The van der Waals surface area contributed by atoms with Gasteiger partial charge in [0.15, 0.2) is 0 Å². The molecule has 0 bridgehead atoms. The summed E-state index contributed by atoms with van der Waals surface area (Å²) < 4.78 is 2.08. The molecule has 0 radical (unpaired) electrons. The number of carbonyl (C=O) groups excluding carboxylic acids is 2. The van der Waals surface area contributed by atoms with Crippen LogP contribution < -0.4 is 10.7 Å². The molecule has 2 N–H and O–H groups in total. The average Bonchev–Trinajstić information content (AvgIpc) is 3.13. The number of benzene rings is 3. The zero-order chi connectivity index (χ0) is 23.4. The molecule has 3 aromatic carbocycles. The maximum absolute atomic E-state index is 12.4. The van der Waals surface area contributed by atoms with Crippen LogP contribution in [0, 0.1) is 0 Å². The minimum absolute atomic E-state index is 0.172. The molecule has 1 aromatic heterocycles. The third kappa shape index (κ3) is 5.42. The van der Waals surface area contributed by atoms with Crippen LogP contribution in [0.3, 0.4) is 0 Å². The summed E-state index contributed by atoms with van der Waals surface area (Å²) in [6, 6.07) is 20.0. The summed E-state index contributed by atoms with van der Waals surface area (Å²) in [4.78, 5) is 23.5. The van der Waals surface area contributed by atoms with E-state index in [-0.39, 0.29) is 11.8 Å². The molecular weight excluding hydrogens is 459 g/mol. The van der Waals surface area contributed by atoms with Crippen molar-refractivity contribution in [1.82, 2.24) is 9.99 Å². The van der Waals surface area contributed by atoms with Gasteiger partial charge in [-0.25, -0.2) is 5.43 Å². The molecule has 8 heteroatoms. The van der Waals surface area contributed by atoms with Crippen LogP contribution in [0.2, 0.25) is 10.0 Å². The Hall–Kier alpha value is -3.61. The summed E-state index contributed by atoms with van der Waals surface area (Å²) in [7, 11) is 0. The van der Waals surface area contributed by atoms with E-state index in [0.717, 1.165) is 22.0 Å². The van der Waals surface area contributed by atoms with E-state index in [1.54, 1.807) is 36.5 Å². The molecule has 1 heterocycles. The SMILES string of the molecule is CC(=O)Nc1ccc(C(=O)N/N=C\c2cn(Cc3ccc(Cl)cc3Cl)c3ccccc23)cc1. The first-order valence-electron chi connectivity index (χ1n) is 10.1. The first kappa shape index (κ1) is 22.6. The molecular formula is C25H20Cl2N4O2. The predicted octanol–water partition coefficient (Wildman–Crippen LogP) is 5.72. The molecule has 0 saturated heterocycles. The number of halogens is 2. The number of hydrogen-bond acceptors (Lipinski definition) is 3. The number of para-hydroxylation sites is 1. The lowest BCUT2D eigenvalue weighted by atomic mass is 10.2. The zero-order valence-corrected chi connectivity index (χ0v) is 19.2. The van der Waals surface area contributed by atoms with Crippen molar-refractivity contribution in [2.24, 2.45) is 5.10 Å². The molecule has 2 amide bonds. The van der Waals surface area contributed by atoms with E-state index in [1.165, 1.54) is 6.92 Å². The van der Waals surface area contributed by atoms with Gasteiger partial charge in [0.2, 0.25) is 5.91 Å². The van der Waals surface area contributed by atoms with E-state index in [9.17, 15) is 9.59 Å². The van der Waals surface area contributed by atoms with Crippen LogP contribution in [0.4, 0.5) is 5.69 Å². The summed E-state index contributed by atoms with van der Waals surface area (Å²) in [6.07, 6.45) is 3.58. The second-order valence-corrected chi connectivity index (χ2v) is 8.27. The van der Waals surface area contributed by atoms with Gasteiger partial charge in [0.25, 0.3) is 5.91 Å². The number of hydrogen-bond donors (Lipinski definition) is 2.